The molecule has 0 saturated carbocycles. The second-order valence-electron chi connectivity index (χ2n) is 6.90. The first kappa shape index (κ1) is 18.9. The van der Waals surface area contributed by atoms with Gasteiger partial charge in [-0.2, -0.15) is 0 Å². The van der Waals surface area contributed by atoms with Gasteiger partial charge in [-0.15, -0.1) is 0 Å². The SMILES string of the molecule is Cc1cc(NC(=O)CN2c3cccc4cccc(c34)S2(=O)=O)c([N+](=O)[O-])cc1C. The molecule has 29 heavy (non-hydrogen) atoms. The van der Waals surface area contributed by atoms with Crippen molar-refractivity contribution in [3.63, 3.8) is 0 Å². The summed E-state index contributed by atoms with van der Waals surface area (Å²) >= 11 is 0. The van der Waals surface area contributed by atoms with E-state index in [2.05, 4.69) is 5.32 Å². The predicted molar refractivity (Wildman–Crippen MR) is 110 cm³/mol. The molecule has 1 aliphatic heterocycles. The molecule has 4 rings (SSSR count). The fourth-order valence-electron chi connectivity index (χ4n) is 3.50. The van der Waals surface area contributed by atoms with Crippen LogP contribution in [0.3, 0.4) is 0 Å². The highest BCUT2D eigenvalue weighted by atomic mass is 32.2. The number of carbonyl (C=O) groups excluding carboxylic acids is 1. The first-order valence-electron chi connectivity index (χ1n) is 8.80. The Labute approximate surface area is 167 Å². The van der Waals surface area contributed by atoms with Crippen LogP contribution in [0.25, 0.3) is 10.8 Å². The Morgan fingerprint density at radius 1 is 1.10 bits per heavy atom. The van der Waals surface area contributed by atoms with Crippen molar-refractivity contribution in [1.82, 2.24) is 0 Å². The van der Waals surface area contributed by atoms with Gasteiger partial charge in [-0.05, 0) is 48.6 Å². The van der Waals surface area contributed by atoms with Gasteiger partial charge in [0.15, 0.2) is 0 Å². The highest BCUT2D eigenvalue weighted by Crippen LogP contribution is 2.41. The summed E-state index contributed by atoms with van der Waals surface area (Å²) in [5.41, 5.74) is 1.71. The molecule has 0 spiro atoms. The Balaban J connectivity index is 1.68. The molecule has 1 aliphatic rings. The van der Waals surface area contributed by atoms with Crippen LogP contribution in [0.1, 0.15) is 11.1 Å². The number of anilines is 2. The number of nitro groups is 1. The maximum atomic E-state index is 13.0. The summed E-state index contributed by atoms with van der Waals surface area (Å²) < 4.78 is 27.0. The van der Waals surface area contributed by atoms with Gasteiger partial charge in [-0.3, -0.25) is 19.2 Å². The molecule has 3 aromatic carbocycles. The van der Waals surface area contributed by atoms with E-state index < -0.39 is 27.4 Å². The van der Waals surface area contributed by atoms with Crippen LogP contribution in [0.2, 0.25) is 0 Å². The van der Waals surface area contributed by atoms with Crippen LogP contribution >= 0.6 is 0 Å². The summed E-state index contributed by atoms with van der Waals surface area (Å²) in [7, 11) is -3.89. The first-order valence-corrected chi connectivity index (χ1v) is 10.2. The highest BCUT2D eigenvalue weighted by Gasteiger charge is 2.36. The van der Waals surface area contributed by atoms with Crippen molar-refractivity contribution >= 4 is 43.8 Å². The third-order valence-corrected chi connectivity index (χ3v) is 6.85. The molecular weight excluding hydrogens is 394 g/mol. The quantitative estimate of drug-likeness (QED) is 0.522. The third-order valence-electron chi connectivity index (χ3n) is 5.05. The second-order valence-corrected chi connectivity index (χ2v) is 8.73. The Kier molecular flexibility index (Phi) is 4.27. The van der Waals surface area contributed by atoms with Crippen molar-refractivity contribution < 1.29 is 18.1 Å². The van der Waals surface area contributed by atoms with Crippen LogP contribution in [-0.2, 0) is 14.8 Å². The lowest BCUT2D eigenvalue weighted by atomic mass is 10.1. The Morgan fingerprint density at radius 2 is 1.76 bits per heavy atom. The van der Waals surface area contributed by atoms with E-state index in [0.29, 0.717) is 11.1 Å². The molecule has 0 unspecified atom stereocenters. The molecular formula is C20H17N3O5S. The average molecular weight is 411 g/mol. The van der Waals surface area contributed by atoms with Crippen LogP contribution < -0.4 is 9.62 Å². The number of hydrogen-bond donors (Lipinski definition) is 1. The number of rotatable bonds is 4. The smallest absolute Gasteiger partial charge is 0.293 e. The predicted octanol–water partition coefficient (Wildman–Crippen LogP) is 3.51. The van der Waals surface area contributed by atoms with Crippen molar-refractivity contribution in [2.75, 3.05) is 16.2 Å². The molecule has 0 saturated heterocycles. The Hall–Kier alpha value is -3.46. The minimum absolute atomic E-state index is 0.0374. The summed E-state index contributed by atoms with van der Waals surface area (Å²) in [5, 5.41) is 15.2. The van der Waals surface area contributed by atoms with Crippen molar-refractivity contribution in [2.24, 2.45) is 0 Å². The molecule has 0 atom stereocenters. The van der Waals surface area contributed by atoms with Crippen LogP contribution in [-0.4, -0.2) is 25.8 Å². The number of carbonyl (C=O) groups is 1. The highest BCUT2D eigenvalue weighted by molar-refractivity contribution is 7.93. The fraction of sp³-hybridized carbons (Fsp3) is 0.150. The van der Waals surface area contributed by atoms with Crippen LogP contribution in [0.5, 0.6) is 0 Å². The number of sulfonamides is 1. The van der Waals surface area contributed by atoms with Gasteiger partial charge in [-0.25, -0.2) is 8.42 Å². The molecule has 0 radical (unpaired) electrons. The van der Waals surface area contributed by atoms with Gasteiger partial charge in [0.1, 0.15) is 12.2 Å². The summed E-state index contributed by atoms with van der Waals surface area (Å²) in [6, 6.07) is 13.0. The molecule has 1 amide bonds. The number of amides is 1. The van der Waals surface area contributed by atoms with E-state index in [1.807, 2.05) is 0 Å². The van der Waals surface area contributed by atoms with E-state index in [9.17, 15) is 23.3 Å². The van der Waals surface area contributed by atoms with Gasteiger partial charge >= 0.3 is 0 Å². The van der Waals surface area contributed by atoms with Gasteiger partial charge in [0, 0.05) is 11.5 Å². The molecule has 0 fully saturated rings. The first-order chi connectivity index (χ1) is 13.7. The molecule has 8 nitrogen and oxygen atoms in total. The van der Waals surface area contributed by atoms with Crippen molar-refractivity contribution in [1.29, 1.82) is 0 Å². The minimum atomic E-state index is -3.89. The van der Waals surface area contributed by atoms with E-state index in [0.717, 1.165) is 20.8 Å². The number of benzene rings is 3. The molecule has 3 aromatic rings. The van der Waals surface area contributed by atoms with Crippen LogP contribution in [0.15, 0.2) is 53.4 Å². The Morgan fingerprint density at radius 3 is 2.45 bits per heavy atom. The maximum absolute atomic E-state index is 13.0. The second kappa shape index (κ2) is 6.56. The number of nitrogens with one attached hydrogen (secondary N) is 1. The van der Waals surface area contributed by atoms with E-state index in [4.69, 9.17) is 0 Å². The largest absolute Gasteiger partial charge is 0.319 e. The number of nitro benzene ring substituents is 1. The van der Waals surface area contributed by atoms with Gasteiger partial charge < -0.3 is 5.32 Å². The molecule has 1 N–H and O–H groups in total. The van der Waals surface area contributed by atoms with E-state index in [1.165, 1.54) is 18.2 Å². The number of hydrogen-bond acceptors (Lipinski definition) is 5. The zero-order valence-electron chi connectivity index (χ0n) is 15.7. The van der Waals surface area contributed by atoms with Crippen molar-refractivity contribution in [3.05, 3.63) is 69.8 Å². The zero-order valence-corrected chi connectivity index (χ0v) is 16.5. The van der Waals surface area contributed by atoms with Crippen LogP contribution in [0, 0.1) is 24.0 Å². The van der Waals surface area contributed by atoms with Gasteiger partial charge in [-0.1, -0.05) is 24.3 Å². The van der Waals surface area contributed by atoms with E-state index in [1.54, 1.807) is 44.2 Å². The third kappa shape index (κ3) is 2.99. The summed E-state index contributed by atoms with van der Waals surface area (Å²) in [6.07, 6.45) is 0. The lowest BCUT2D eigenvalue weighted by Crippen LogP contribution is -2.35. The summed E-state index contributed by atoms with van der Waals surface area (Å²) in [4.78, 5) is 23.6. The lowest BCUT2D eigenvalue weighted by Gasteiger charge is -2.18. The van der Waals surface area contributed by atoms with Gasteiger partial charge in [0.25, 0.3) is 15.7 Å². The molecule has 0 aromatic heterocycles. The monoisotopic (exact) mass is 411 g/mol. The minimum Gasteiger partial charge on any atom is -0.319 e. The van der Waals surface area contributed by atoms with E-state index >= 15 is 0 Å². The van der Waals surface area contributed by atoms with Crippen LogP contribution in [0.4, 0.5) is 17.1 Å². The van der Waals surface area contributed by atoms with Gasteiger partial charge in [0.2, 0.25) is 5.91 Å². The fourth-order valence-corrected chi connectivity index (χ4v) is 5.17. The van der Waals surface area contributed by atoms with E-state index in [-0.39, 0.29) is 16.3 Å². The lowest BCUT2D eigenvalue weighted by molar-refractivity contribution is -0.384. The normalized spacial score (nSPS) is 14.2. The zero-order chi connectivity index (χ0) is 20.9. The van der Waals surface area contributed by atoms with Crippen molar-refractivity contribution in [3.8, 4) is 0 Å². The molecule has 148 valence electrons. The van der Waals surface area contributed by atoms with Gasteiger partial charge in [0.05, 0.1) is 15.5 Å². The molecule has 0 aliphatic carbocycles. The number of aryl methyl sites for hydroxylation is 2. The summed E-state index contributed by atoms with van der Waals surface area (Å²) in [5.74, 6) is -0.662. The molecule has 0 bridgehead atoms. The number of nitrogens with zero attached hydrogens (tertiary/aromatic N) is 2. The van der Waals surface area contributed by atoms with Crippen molar-refractivity contribution in [2.45, 2.75) is 18.7 Å². The standard InChI is InChI=1S/C20H17N3O5S/c1-12-9-15(17(23(25)26)10-13(12)2)21-19(24)11-22-16-7-3-5-14-6-4-8-18(20(14)16)29(22,27)28/h3-10H,11H2,1-2H3,(H,21,24). The topological polar surface area (TPSA) is 110 Å². The summed E-state index contributed by atoms with van der Waals surface area (Å²) in [6.45, 7) is 3.03. The Bertz CT molecular complexity index is 1300. The average Bonchev–Trinajstić information content (AvgIpc) is 2.88. The maximum Gasteiger partial charge on any atom is 0.293 e. The molecule has 1 heterocycles. The molecule has 9 heteroatoms.